The topological polar surface area (TPSA) is 67.7 Å². The number of carbonyl (C=O) groups is 1. The molecule has 136 valence electrons. The molecule has 1 amide bonds. The Labute approximate surface area is 161 Å². The predicted molar refractivity (Wildman–Crippen MR) is 105 cm³/mol. The number of anilines is 1. The van der Waals surface area contributed by atoms with Gasteiger partial charge in [0, 0.05) is 29.4 Å². The van der Waals surface area contributed by atoms with Gasteiger partial charge in [0.2, 0.25) is 0 Å². The summed E-state index contributed by atoms with van der Waals surface area (Å²) in [6.45, 7) is 3.14. The number of benzene rings is 2. The maximum atomic E-state index is 12.6. The fourth-order valence-electron chi connectivity index (χ4n) is 3.55. The fraction of sp³-hybridized carbons (Fsp3) is 0.200. The van der Waals surface area contributed by atoms with Crippen LogP contribution in [0.4, 0.5) is 5.69 Å². The van der Waals surface area contributed by atoms with E-state index in [2.05, 4.69) is 32.0 Å². The third kappa shape index (κ3) is 2.97. The van der Waals surface area contributed by atoms with Gasteiger partial charge in [0.25, 0.3) is 5.91 Å². The number of halogens is 1. The lowest BCUT2D eigenvalue weighted by molar-refractivity contribution is -0.112. The smallest absolute Gasteiger partial charge is 0.280 e. The van der Waals surface area contributed by atoms with Crippen molar-refractivity contribution in [2.45, 2.75) is 0 Å². The van der Waals surface area contributed by atoms with Gasteiger partial charge in [-0.25, -0.2) is 15.0 Å². The summed E-state index contributed by atoms with van der Waals surface area (Å²) in [5.41, 5.74) is 3.10. The molecule has 0 bridgehead atoms. The first kappa shape index (κ1) is 17.6. The minimum absolute atomic E-state index is 0. The maximum absolute atomic E-state index is 12.6. The van der Waals surface area contributed by atoms with E-state index in [1.54, 1.807) is 0 Å². The van der Waals surface area contributed by atoms with Crippen LogP contribution in [0.5, 0.6) is 0 Å². The number of carbonyl (C=O) groups excluding carboxylic acids is 1. The molecule has 3 heterocycles. The average Bonchev–Trinajstić information content (AvgIpc) is 3.03. The number of hydrogen-bond donors (Lipinski definition) is 0. The normalized spacial score (nSPS) is 16.1. The van der Waals surface area contributed by atoms with Gasteiger partial charge in [-0.05, 0) is 24.3 Å². The molecule has 6 nitrogen and oxygen atoms in total. The van der Waals surface area contributed by atoms with E-state index in [4.69, 9.17) is 4.74 Å². The van der Waals surface area contributed by atoms with Gasteiger partial charge in [0.1, 0.15) is 6.33 Å². The molecule has 0 spiro atoms. The Kier molecular flexibility index (Phi) is 4.59. The molecule has 3 aromatic rings. The summed E-state index contributed by atoms with van der Waals surface area (Å²) >= 11 is 0. The van der Waals surface area contributed by atoms with E-state index < -0.39 is 0 Å². The molecule has 2 aromatic carbocycles. The van der Waals surface area contributed by atoms with Crippen LogP contribution >= 0.6 is 12.4 Å². The molecule has 27 heavy (non-hydrogen) atoms. The summed E-state index contributed by atoms with van der Waals surface area (Å²) in [7, 11) is 0. The van der Waals surface area contributed by atoms with Gasteiger partial charge < -0.3 is 9.64 Å². The van der Waals surface area contributed by atoms with Crippen molar-refractivity contribution >= 4 is 40.5 Å². The second kappa shape index (κ2) is 7.06. The largest absolute Gasteiger partial charge is 0.378 e. The number of aromatic nitrogens is 2. The second-order valence-electron chi connectivity index (χ2n) is 6.33. The Bertz CT molecular complexity index is 1160. The van der Waals surface area contributed by atoms with Gasteiger partial charge in [0.05, 0.1) is 35.4 Å². The molecule has 2 aliphatic heterocycles. The first-order chi connectivity index (χ1) is 12.8. The highest BCUT2D eigenvalue weighted by Crippen LogP contribution is 2.27. The van der Waals surface area contributed by atoms with E-state index >= 15 is 0 Å². The van der Waals surface area contributed by atoms with Crippen LogP contribution in [0, 0.1) is 0 Å². The third-order valence-corrected chi connectivity index (χ3v) is 4.84. The summed E-state index contributed by atoms with van der Waals surface area (Å²) in [5.74, 6) is -0.247. The summed E-state index contributed by atoms with van der Waals surface area (Å²) < 4.78 is 5.44. The highest BCUT2D eigenvalue weighted by atomic mass is 35.5. The van der Waals surface area contributed by atoms with Crippen molar-refractivity contribution in [1.82, 2.24) is 9.97 Å². The third-order valence-electron chi connectivity index (χ3n) is 4.84. The Morgan fingerprint density at radius 1 is 1.00 bits per heavy atom. The van der Waals surface area contributed by atoms with Crippen molar-refractivity contribution < 1.29 is 9.53 Å². The average molecular weight is 381 g/mol. The summed E-state index contributed by atoms with van der Waals surface area (Å²) in [4.78, 5) is 27.8. The van der Waals surface area contributed by atoms with E-state index in [9.17, 15) is 4.79 Å². The minimum atomic E-state index is -0.247. The Morgan fingerprint density at radius 2 is 1.81 bits per heavy atom. The molecule has 0 aliphatic carbocycles. The highest BCUT2D eigenvalue weighted by Gasteiger charge is 2.22. The van der Waals surface area contributed by atoms with E-state index in [0.717, 1.165) is 48.1 Å². The number of morpholine rings is 1. The van der Waals surface area contributed by atoms with Crippen LogP contribution in [-0.4, -0.2) is 42.2 Å². The Balaban J connectivity index is 0.00000180. The summed E-state index contributed by atoms with van der Waals surface area (Å²) in [5, 5.41) is 2.39. The van der Waals surface area contributed by atoms with Crippen LogP contribution in [0.1, 0.15) is 5.69 Å². The molecule has 5 rings (SSSR count). The SMILES string of the molecule is Cl.O=C1N=c2ccccc2=C1c1ncnc2ccc(N3CCOCC3)cc12. The highest BCUT2D eigenvalue weighted by molar-refractivity contribution is 6.23. The van der Waals surface area contributed by atoms with Crippen molar-refractivity contribution in [3.05, 3.63) is 65.1 Å². The van der Waals surface area contributed by atoms with Crippen LogP contribution in [-0.2, 0) is 9.53 Å². The molecule has 7 heteroatoms. The van der Waals surface area contributed by atoms with Crippen LogP contribution < -0.4 is 15.5 Å². The van der Waals surface area contributed by atoms with Gasteiger partial charge in [-0.2, -0.15) is 0 Å². The van der Waals surface area contributed by atoms with Crippen molar-refractivity contribution in [3.63, 3.8) is 0 Å². The molecule has 1 saturated heterocycles. The molecule has 2 aliphatic rings. The quantitative estimate of drug-likeness (QED) is 0.669. The van der Waals surface area contributed by atoms with Crippen LogP contribution in [0.3, 0.4) is 0 Å². The van der Waals surface area contributed by atoms with E-state index in [1.165, 1.54) is 6.33 Å². The van der Waals surface area contributed by atoms with Crippen LogP contribution in [0.2, 0.25) is 0 Å². The monoisotopic (exact) mass is 380 g/mol. The molecule has 0 unspecified atom stereocenters. The van der Waals surface area contributed by atoms with Crippen LogP contribution in [0.15, 0.2) is 53.8 Å². The van der Waals surface area contributed by atoms with Gasteiger partial charge in [0.15, 0.2) is 0 Å². The molecule has 1 fully saturated rings. The minimum Gasteiger partial charge on any atom is -0.378 e. The first-order valence-corrected chi connectivity index (χ1v) is 8.61. The number of para-hydroxylation sites is 1. The fourth-order valence-corrected chi connectivity index (χ4v) is 3.55. The molecule has 0 N–H and O–H groups in total. The molecule has 0 atom stereocenters. The number of nitrogens with zero attached hydrogens (tertiary/aromatic N) is 4. The summed E-state index contributed by atoms with van der Waals surface area (Å²) in [6.07, 6.45) is 1.51. The van der Waals surface area contributed by atoms with Crippen molar-refractivity contribution in [3.8, 4) is 0 Å². The van der Waals surface area contributed by atoms with Gasteiger partial charge in [-0.15, -0.1) is 12.4 Å². The first-order valence-electron chi connectivity index (χ1n) is 8.61. The number of amides is 1. The maximum Gasteiger partial charge on any atom is 0.280 e. The number of fused-ring (bicyclic) bond motifs is 2. The van der Waals surface area contributed by atoms with Crippen molar-refractivity contribution in [2.75, 3.05) is 31.2 Å². The van der Waals surface area contributed by atoms with Crippen molar-refractivity contribution in [2.24, 2.45) is 4.99 Å². The lowest BCUT2D eigenvalue weighted by Gasteiger charge is -2.29. The summed E-state index contributed by atoms with van der Waals surface area (Å²) in [6, 6.07) is 13.7. The molecule has 0 radical (unpaired) electrons. The van der Waals surface area contributed by atoms with Gasteiger partial charge in [-0.1, -0.05) is 18.2 Å². The number of rotatable bonds is 2. The van der Waals surface area contributed by atoms with E-state index in [-0.39, 0.29) is 18.3 Å². The Morgan fingerprint density at radius 3 is 2.67 bits per heavy atom. The lowest BCUT2D eigenvalue weighted by atomic mass is 10.0. The predicted octanol–water partition coefficient (Wildman–Crippen LogP) is 1.25. The number of hydrogen-bond acceptors (Lipinski definition) is 5. The molecular formula is C20H17ClN4O2. The zero-order chi connectivity index (χ0) is 17.5. The van der Waals surface area contributed by atoms with E-state index in [1.807, 2.05) is 30.3 Å². The molecule has 1 aromatic heterocycles. The zero-order valence-electron chi connectivity index (χ0n) is 14.5. The van der Waals surface area contributed by atoms with E-state index in [0.29, 0.717) is 16.6 Å². The van der Waals surface area contributed by atoms with Crippen LogP contribution in [0.25, 0.3) is 16.5 Å². The second-order valence-corrected chi connectivity index (χ2v) is 6.33. The van der Waals surface area contributed by atoms with Gasteiger partial charge >= 0.3 is 0 Å². The number of ether oxygens (including phenoxy) is 1. The molecular weight excluding hydrogens is 364 g/mol. The Hall–Kier alpha value is -2.83. The zero-order valence-corrected chi connectivity index (χ0v) is 15.3. The lowest BCUT2D eigenvalue weighted by Crippen LogP contribution is -2.36. The van der Waals surface area contributed by atoms with Crippen molar-refractivity contribution in [1.29, 1.82) is 0 Å². The van der Waals surface area contributed by atoms with Gasteiger partial charge in [-0.3, -0.25) is 4.79 Å². The molecule has 0 saturated carbocycles. The standard InChI is InChI=1S/C20H16N4O2.ClH/c25-20-18(14-3-1-2-4-17(14)23-20)19-15-11-13(24-7-9-26-10-8-24)5-6-16(15)21-12-22-19;/h1-6,11-12H,7-10H2;1H.